The van der Waals surface area contributed by atoms with Crippen LogP contribution in [0.3, 0.4) is 0 Å². The van der Waals surface area contributed by atoms with Crippen molar-refractivity contribution in [1.82, 2.24) is 4.31 Å². The molecule has 0 bridgehead atoms. The molecule has 0 spiro atoms. The quantitative estimate of drug-likeness (QED) is 0.822. The summed E-state index contributed by atoms with van der Waals surface area (Å²) >= 11 is 5.75. The van der Waals surface area contributed by atoms with E-state index in [1.54, 1.807) is 0 Å². The van der Waals surface area contributed by atoms with E-state index in [9.17, 15) is 13.5 Å². The second-order valence-electron chi connectivity index (χ2n) is 4.79. The summed E-state index contributed by atoms with van der Waals surface area (Å²) in [6.07, 6.45) is 0. The fourth-order valence-electron chi connectivity index (χ4n) is 1.92. The molecule has 0 aliphatic heterocycles. The smallest absolute Gasteiger partial charge is 0.302 e. The van der Waals surface area contributed by atoms with Gasteiger partial charge < -0.3 is 5.11 Å². The fourth-order valence-corrected chi connectivity index (χ4v) is 3.74. The first-order valence-electron chi connectivity index (χ1n) is 5.95. The molecule has 0 radical (unpaired) electrons. The molecule has 0 saturated carbocycles. The highest BCUT2D eigenvalue weighted by Crippen LogP contribution is 2.27. The van der Waals surface area contributed by atoms with Crippen LogP contribution < -0.4 is 4.72 Å². The van der Waals surface area contributed by atoms with E-state index in [0.717, 1.165) is 0 Å². The maximum atomic E-state index is 12.3. The summed E-state index contributed by atoms with van der Waals surface area (Å²) in [6.45, 7) is 7.23. The van der Waals surface area contributed by atoms with Crippen LogP contribution in [0.15, 0.2) is 18.2 Å². The third-order valence-electron chi connectivity index (χ3n) is 2.49. The first-order valence-corrected chi connectivity index (χ1v) is 7.76. The minimum absolute atomic E-state index is 0.0887. The van der Waals surface area contributed by atoms with Gasteiger partial charge in [-0.1, -0.05) is 11.6 Å². The molecule has 0 amide bonds. The van der Waals surface area contributed by atoms with Crippen LogP contribution in [0.5, 0.6) is 5.75 Å². The number of anilines is 1. The monoisotopic (exact) mass is 306 g/mol. The molecule has 2 N–H and O–H groups in total. The van der Waals surface area contributed by atoms with Gasteiger partial charge in [0, 0.05) is 12.1 Å². The van der Waals surface area contributed by atoms with E-state index in [4.69, 9.17) is 11.6 Å². The number of hydrogen-bond acceptors (Lipinski definition) is 3. The highest BCUT2D eigenvalue weighted by molar-refractivity contribution is 7.90. The molecule has 19 heavy (non-hydrogen) atoms. The largest absolute Gasteiger partial charge is 0.506 e. The van der Waals surface area contributed by atoms with Crippen molar-refractivity contribution in [2.75, 3.05) is 4.72 Å². The van der Waals surface area contributed by atoms with Crippen molar-refractivity contribution >= 4 is 27.5 Å². The molecule has 1 aromatic carbocycles. The van der Waals surface area contributed by atoms with Crippen LogP contribution in [0.2, 0.25) is 5.02 Å². The number of hydrogen-bond donors (Lipinski definition) is 2. The van der Waals surface area contributed by atoms with Crippen molar-refractivity contribution in [3.8, 4) is 5.75 Å². The maximum absolute atomic E-state index is 12.3. The predicted octanol–water partition coefficient (Wildman–Crippen LogP) is 2.82. The average Bonchev–Trinajstić information content (AvgIpc) is 2.21. The molecular weight excluding hydrogens is 288 g/mol. The van der Waals surface area contributed by atoms with E-state index >= 15 is 0 Å². The minimum Gasteiger partial charge on any atom is -0.506 e. The van der Waals surface area contributed by atoms with Gasteiger partial charge in [0.1, 0.15) is 5.75 Å². The molecule has 0 atom stereocenters. The zero-order chi connectivity index (χ0) is 14.8. The standard InChI is InChI=1S/C12H19ClN2O3S/c1-8(2)15(9(3)4)19(17,18)14-10-5-6-12(16)11(13)7-10/h5-9,14,16H,1-4H3. The summed E-state index contributed by atoms with van der Waals surface area (Å²) in [4.78, 5) is 0. The Morgan fingerprint density at radius 1 is 1.21 bits per heavy atom. The summed E-state index contributed by atoms with van der Waals surface area (Å²) in [7, 11) is -3.66. The third kappa shape index (κ3) is 3.99. The molecule has 108 valence electrons. The zero-order valence-corrected chi connectivity index (χ0v) is 13.0. The second-order valence-corrected chi connectivity index (χ2v) is 6.77. The van der Waals surface area contributed by atoms with Crippen molar-refractivity contribution in [1.29, 1.82) is 0 Å². The minimum atomic E-state index is -3.66. The Hall–Kier alpha value is -0.980. The van der Waals surface area contributed by atoms with Gasteiger partial charge in [0.15, 0.2) is 0 Å². The average molecular weight is 307 g/mol. The molecule has 1 aromatic rings. The third-order valence-corrected chi connectivity index (χ3v) is 4.68. The van der Waals surface area contributed by atoms with Crippen molar-refractivity contribution in [2.45, 2.75) is 39.8 Å². The molecule has 0 heterocycles. The predicted molar refractivity (Wildman–Crippen MR) is 77.8 cm³/mol. The van der Waals surface area contributed by atoms with Gasteiger partial charge in [-0.3, -0.25) is 4.72 Å². The molecule has 0 aromatic heterocycles. The number of nitrogens with zero attached hydrogens (tertiary/aromatic N) is 1. The Balaban J connectivity index is 3.04. The number of phenolic OH excluding ortho intramolecular Hbond substituents is 1. The van der Waals surface area contributed by atoms with Crippen LogP contribution in [-0.2, 0) is 10.2 Å². The van der Waals surface area contributed by atoms with E-state index in [1.165, 1.54) is 22.5 Å². The Morgan fingerprint density at radius 3 is 2.16 bits per heavy atom. The second kappa shape index (κ2) is 5.98. The van der Waals surface area contributed by atoms with Gasteiger partial charge in [0.25, 0.3) is 0 Å². The van der Waals surface area contributed by atoms with Gasteiger partial charge in [0.05, 0.1) is 10.7 Å². The highest BCUT2D eigenvalue weighted by atomic mass is 35.5. The van der Waals surface area contributed by atoms with Gasteiger partial charge in [-0.05, 0) is 45.9 Å². The molecule has 0 saturated heterocycles. The van der Waals surface area contributed by atoms with Gasteiger partial charge in [-0.15, -0.1) is 0 Å². The molecule has 0 fully saturated rings. The summed E-state index contributed by atoms with van der Waals surface area (Å²) in [5.74, 6) is -0.0887. The normalized spacial score (nSPS) is 12.4. The Bertz CT molecular complexity index is 536. The number of halogens is 1. The number of benzene rings is 1. The molecule has 0 aliphatic carbocycles. The van der Waals surface area contributed by atoms with Crippen molar-refractivity contribution in [2.24, 2.45) is 0 Å². The van der Waals surface area contributed by atoms with E-state index < -0.39 is 10.2 Å². The van der Waals surface area contributed by atoms with Crippen molar-refractivity contribution < 1.29 is 13.5 Å². The summed E-state index contributed by atoms with van der Waals surface area (Å²) < 4.78 is 28.4. The van der Waals surface area contributed by atoms with Gasteiger partial charge >= 0.3 is 10.2 Å². The van der Waals surface area contributed by atoms with Crippen LogP contribution in [0.4, 0.5) is 5.69 Å². The Morgan fingerprint density at radius 2 is 1.74 bits per heavy atom. The van der Waals surface area contributed by atoms with Crippen LogP contribution in [0.25, 0.3) is 0 Å². The Kier molecular flexibility index (Phi) is 5.06. The van der Waals surface area contributed by atoms with E-state index in [0.29, 0.717) is 5.69 Å². The molecule has 7 heteroatoms. The van der Waals surface area contributed by atoms with Crippen LogP contribution in [0.1, 0.15) is 27.7 Å². The van der Waals surface area contributed by atoms with Crippen molar-refractivity contribution in [3.05, 3.63) is 23.2 Å². The molecule has 1 rings (SSSR count). The van der Waals surface area contributed by atoms with Gasteiger partial charge in [-0.25, -0.2) is 0 Å². The van der Waals surface area contributed by atoms with Crippen LogP contribution >= 0.6 is 11.6 Å². The lowest BCUT2D eigenvalue weighted by molar-refractivity contribution is 0.304. The van der Waals surface area contributed by atoms with E-state index in [2.05, 4.69) is 4.72 Å². The lowest BCUT2D eigenvalue weighted by Gasteiger charge is -2.29. The van der Waals surface area contributed by atoms with E-state index in [1.807, 2.05) is 27.7 Å². The fraction of sp³-hybridized carbons (Fsp3) is 0.500. The molecule has 0 aliphatic rings. The van der Waals surface area contributed by atoms with E-state index in [-0.39, 0.29) is 22.9 Å². The summed E-state index contributed by atoms with van der Waals surface area (Å²) in [6, 6.07) is 3.84. The lowest BCUT2D eigenvalue weighted by atomic mass is 10.3. The maximum Gasteiger partial charge on any atom is 0.302 e. The first-order chi connectivity index (χ1) is 8.65. The Labute approximate surface area is 119 Å². The van der Waals surface area contributed by atoms with Gasteiger partial charge in [-0.2, -0.15) is 12.7 Å². The number of aromatic hydroxyl groups is 1. The molecule has 5 nitrogen and oxygen atoms in total. The topological polar surface area (TPSA) is 69.6 Å². The first kappa shape index (κ1) is 16.1. The molecular formula is C12H19ClN2O3S. The van der Waals surface area contributed by atoms with Crippen molar-refractivity contribution in [3.63, 3.8) is 0 Å². The summed E-state index contributed by atoms with van der Waals surface area (Å²) in [5.41, 5.74) is 0.314. The SMILES string of the molecule is CC(C)N(C(C)C)S(=O)(=O)Nc1ccc(O)c(Cl)c1. The number of rotatable bonds is 5. The van der Waals surface area contributed by atoms with Crippen LogP contribution in [0, 0.1) is 0 Å². The number of phenols is 1. The number of nitrogens with one attached hydrogen (secondary N) is 1. The molecule has 0 unspecified atom stereocenters. The van der Waals surface area contributed by atoms with Gasteiger partial charge in [0.2, 0.25) is 0 Å². The summed E-state index contributed by atoms with van der Waals surface area (Å²) in [5, 5.41) is 9.41. The lowest BCUT2D eigenvalue weighted by Crippen LogP contribution is -2.45. The zero-order valence-electron chi connectivity index (χ0n) is 11.4. The highest BCUT2D eigenvalue weighted by Gasteiger charge is 2.27. The van der Waals surface area contributed by atoms with Crippen LogP contribution in [-0.4, -0.2) is 29.9 Å².